The first-order valence-corrected chi connectivity index (χ1v) is 8.45. The molecule has 0 saturated carbocycles. The van der Waals surface area contributed by atoms with E-state index >= 15 is 0 Å². The number of rotatable bonds is 6. The highest BCUT2D eigenvalue weighted by Gasteiger charge is 2.27. The second kappa shape index (κ2) is 6.59. The van der Waals surface area contributed by atoms with Gasteiger partial charge < -0.3 is 14.0 Å². The zero-order valence-corrected chi connectivity index (χ0v) is 14.5. The van der Waals surface area contributed by atoms with E-state index in [0.29, 0.717) is 22.8 Å². The summed E-state index contributed by atoms with van der Waals surface area (Å²) in [6.45, 7) is 4.88. The van der Waals surface area contributed by atoms with Crippen molar-refractivity contribution < 1.29 is 22.4 Å². The van der Waals surface area contributed by atoms with Gasteiger partial charge in [0.2, 0.25) is 10.0 Å². The fraction of sp³-hybridized carbons (Fsp3) is 0.400. The predicted octanol–water partition coefficient (Wildman–Crippen LogP) is 2.35. The van der Waals surface area contributed by atoms with Crippen LogP contribution in [0, 0.1) is 13.8 Å². The number of hydrogen-bond acceptors (Lipinski definition) is 6. The van der Waals surface area contributed by atoms with Gasteiger partial charge in [-0.15, -0.1) is 0 Å². The number of hydrogen-bond donors (Lipinski definition) is 1. The van der Waals surface area contributed by atoms with E-state index < -0.39 is 16.1 Å². The molecule has 0 aliphatic rings. The van der Waals surface area contributed by atoms with Crippen LogP contribution in [0.3, 0.4) is 0 Å². The Bertz CT molecular complexity index is 779. The highest BCUT2D eigenvalue weighted by atomic mass is 32.2. The van der Waals surface area contributed by atoms with Crippen molar-refractivity contribution in [1.29, 1.82) is 0 Å². The van der Waals surface area contributed by atoms with Crippen LogP contribution in [0.5, 0.6) is 11.5 Å². The van der Waals surface area contributed by atoms with Gasteiger partial charge in [0.25, 0.3) is 0 Å². The Morgan fingerprint density at radius 1 is 1.22 bits per heavy atom. The van der Waals surface area contributed by atoms with Gasteiger partial charge in [-0.05, 0) is 39.0 Å². The molecule has 0 bridgehead atoms. The van der Waals surface area contributed by atoms with Crippen LogP contribution in [0.2, 0.25) is 0 Å². The van der Waals surface area contributed by atoms with Crippen LogP contribution in [-0.2, 0) is 10.0 Å². The fourth-order valence-corrected chi connectivity index (χ4v) is 3.94. The van der Waals surface area contributed by atoms with Gasteiger partial charge >= 0.3 is 0 Å². The monoisotopic (exact) mass is 340 g/mol. The maximum Gasteiger partial charge on any atom is 0.246 e. The van der Waals surface area contributed by atoms with Crippen LogP contribution in [-0.4, -0.2) is 27.8 Å². The Morgan fingerprint density at radius 3 is 2.43 bits per heavy atom. The molecular weight excluding hydrogens is 320 g/mol. The Morgan fingerprint density at radius 2 is 1.91 bits per heavy atom. The van der Waals surface area contributed by atoms with Crippen molar-refractivity contribution >= 4 is 10.0 Å². The SMILES string of the molecule is COc1ccc(OC)c([C@H](C)NS(=O)(=O)c2c(C)noc2C)c1. The molecule has 8 heteroatoms. The van der Waals surface area contributed by atoms with Crippen LogP contribution in [0.25, 0.3) is 0 Å². The van der Waals surface area contributed by atoms with Crippen molar-refractivity contribution in [2.24, 2.45) is 0 Å². The van der Waals surface area contributed by atoms with Crippen molar-refractivity contribution in [3.63, 3.8) is 0 Å². The standard InChI is InChI=1S/C15H20N2O5S/c1-9(13-8-12(20-4)6-7-14(13)21-5)17-23(18,19)15-10(2)16-22-11(15)3/h6-9,17H,1-5H3/t9-/m0/s1. The number of benzene rings is 1. The van der Waals surface area contributed by atoms with Gasteiger partial charge in [-0.2, -0.15) is 0 Å². The van der Waals surface area contributed by atoms with Crippen molar-refractivity contribution in [2.75, 3.05) is 14.2 Å². The minimum atomic E-state index is -3.77. The summed E-state index contributed by atoms with van der Waals surface area (Å²) >= 11 is 0. The number of aryl methyl sites for hydroxylation is 2. The Kier molecular flexibility index (Phi) is 4.96. The largest absolute Gasteiger partial charge is 0.497 e. The van der Waals surface area contributed by atoms with E-state index in [9.17, 15) is 8.42 Å². The lowest BCUT2D eigenvalue weighted by Gasteiger charge is -2.18. The minimum Gasteiger partial charge on any atom is -0.497 e. The number of nitrogens with one attached hydrogen (secondary N) is 1. The van der Waals surface area contributed by atoms with Gasteiger partial charge in [-0.25, -0.2) is 13.1 Å². The molecule has 7 nitrogen and oxygen atoms in total. The minimum absolute atomic E-state index is 0.0613. The number of sulfonamides is 1. The van der Waals surface area contributed by atoms with Gasteiger partial charge in [0, 0.05) is 11.6 Å². The van der Waals surface area contributed by atoms with Crippen LogP contribution in [0.15, 0.2) is 27.6 Å². The molecule has 0 saturated heterocycles. The normalized spacial score (nSPS) is 12.9. The summed E-state index contributed by atoms with van der Waals surface area (Å²) in [7, 11) is -0.698. The van der Waals surface area contributed by atoms with Crippen LogP contribution in [0.1, 0.15) is 30.0 Å². The maximum absolute atomic E-state index is 12.6. The highest BCUT2D eigenvalue weighted by molar-refractivity contribution is 7.89. The molecule has 23 heavy (non-hydrogen) atoms. The number of aromatic nitrogens is 1. The van der Waals surface area contributed by atoms with E-state index in [2.05, 4.69) is 9.88 Å². The molecule has 0 spiro atoms. The molecule has 2 rings (SSSR count). The first kappa shape index (κ1) is 17.3. The lowest BCUT2D eigenvalue weighted by molar-refractivity contribution is 0.390. The molecule has 1 N–H and O–H groups in total. The summed E-state index contributed by atoms with van der Waals surface area (Å²) in [4.78, 5) is 0.0613. The number of ether oxygens (including phenoxy) is 2. The Labute approximate surface area is 135 Å². The molecule has 0 radical (unpaired) electrons. The van der Waals surface area contributed by atoms with Crippen LogP contribution in [0.4, 0.5) is 0 Å². The summed E-state index contributed by atoms with van der Waals surface area (Å²) in [6.07, 6.45) is 0. The summed E-state index contributed by atoms with van der Waals surface area (Å²) in [5.74, 6) is 1.43. The van der Waals surface area contributed by atoms with Crippen molar-refractivity contribution in [3.8, 4) is 11.5 Å². The third kappa shape index (κ3) is 3.48. The summed E-state index contributed by atoms with van der Waals surface area (Å²) in [5.41, 5.74) is 0.988. The van der Waals surface area contributed by atoms with E-state index in [-0.39, 0.29) is 10.7 Å². The topological polar surface area (TPSA) is 90.7 Å². The van der Waals surface area contributed by atoms with Gasteiger partial charge in [0.1, 0.15) is 22.1 Å². The molecule has 1 heterocycles. The summed E-state index contributed by atoms with van der Waals surface area (Å²) in [5, 5.41) is 3.68. The first-order valence-electron chi connectivity index (χ1n) is 6.97. The van der Waals surface area contributed by atoms with Crippen molar-refractivity contribution in [3.05, 3.63) is 35.2 Å². The van der Waals surface area contributed by atoms with Crippen LogP contribution >= 0.6 is 0 Å². The highest BCUT2D eigenvalue weighted by Crippen LogP contribution is 2.30. The molecule has 2 aromatic rings. The first-order chi connectivity index (χ1) is 10.8. The summed E-state index contributed by atoms with van der Waals surface area (Å²) < 4.78 is 43.2. The van der Waals surface area contributed by atoms with Crippen LogP contribution < -0.4 is 14.2 Å². The number of methoxy groups -OCH3 is 2. The Hall–Kier alpha value is -2.06. The second-order valence-corrected chi connectivity index (χ2v) is 6.75. The fourth-order valence-electron chi connectivity index (χ4n) is 2.39. The lowest BCUT2D eigenvalue weighted by Crippen LogP contribution is -2.28. The van der Waals surface area contributed by atoms with Gasteiger partial charge in [-0.3, -0.25) is 0 Å². The molecule has 1 aromatic heterocycles. The van der Waals surface area contributed by atoms with E-state index in [4.69, 9.17) is 14.0 Å². The van der Waals surface area contributed by atoms with E-state index in [1.54, 1.807) is 46.1 Å². The number of nitrogens with zero attached hydrogens (tertiary/aromatic N) is 1. The second-order valence-electron chi connectivity index (χ2n) is 5.10. The summed E-state index contributed by atoms with van der Waals surface area (Å²) in [6, 6.07) is 4.69. The van der Waals surface area contributed by atoms with Gasteiger partial charge in [-0.1, -0.05) is 5.16 Å². The van der Waals surface area contributed by atoms with E-state index in [0.717, 1.165) is 0 Å². The molecule has 0 fully saturated rings. The smallest absolute Gasteiger partial charge is 0.246 e. The average Bonchev–Trinajstić information content (AvgIpc) is 2.85. The zero-order valence-electron chi connectivity index (χ0n) is 13.7. The maximum atomic E-state index is 12.6. The molecule has 0 aliphatic heterocycles. The Balaban J connectivity index is 2.37. The van der Waals surface area contributed by atoms with E-state index in [1.807, 2.05) is 0 Å². The third-order valence-corrected chi connectivity index (χ3v) is 5.26. The quantitative estimate of drug-likeness (QED) is 0.868. The molecule has 0 unspecified atom stereocenters. The van der Waals surface area contributed by atoms with Crippen molar-refractivity contribution in [1.82, 2.24) is 9.88 Å². The molecular formula is C15H20N2O5S. The molecule has 126 valence electrons. The zero-order chi connectivity index (χ0) is 17.2. The van der Waals surface area contributed by atoms with Gasteiger partial charge in [0.05, 0.1) is 14.2 Å². The molecule has 1 atom stereocenters. The van der Waals surface area contributed by atoms with E-state index in [1.165, 1.54) is 7.11 Å². The van der Waals surface area contributed by atoms with Gasteiger partial charge in [0.15, 0.2) is 5.76 Å². The average molecular weight is 340 g/mol. The molecule has 0 amide bonds. The van der Waals surface area contributed by atoms with Crippen molar-refractivity contribution in [2.45, 2.75) is 31.7 Å². The molecule has 1 aromatic carbocycles. The molecule has 0 aliphatic carbocycles. The third-order valence-electron chi connectivity index (χ3n) is 3.47. The predicted molar refractivity (Wildman–Crippen MR) is 84.3 cm³/mol. The lowest BCUT2D eigenvalue weighted by atomic mass is 10.1.